The first-order chi connectivity index (χ1) is 8.70. The van der Waals surface area contributed by atoms with Crippen molar-refractivity contribution in [1.82, 2.24) is 0 Å². The van der Waals surface area contributed by atoms with Crippen LogP contribution in [0.15, 0.2) is 17.7 Å². The Labute approximate surface area is 113 Å². The van der Waals surface area contributed by atoms with Crippen LogP contribution >= 0.6 is 11.6 Å². The third kappa shape index (κ3) is 2.56. The molecule has 0 aromatic heterocycles. The van der Waals surface area contributed by atoms with Crippen molar-refractivity contribution in [3.8, 4) is 5.75 Å². The summed E-state index contributed by atoms with van der Waals surface area (Å²) in [6.07, 6.45) is -0.625. The van der Waals surface area contributed by atoms with Crippen molar-refractivity contribution in [3.63, 3.8) is 0 Å². The number of benzene rings is 1. The molecule has 0 aliphatic carbocycles. The molecule has 1 aromatic carbocycles. The first-order valence-corrected chi connectivity index (χ1v) is 5.87. The number of hydrogen-bond donors (Lipinski definition) is 1. The van der Waals surface area contributed by atoms with Crippen LogP contribution < -0.4 is 4.74 Å². The molecule has 1 N–H and O–H groups in total. The largest absolute Gasteiger partial charge is 0.478 e. The van der Waals surface area contributed by atoms with E-state index in [2.05, 4.69) is 0 Å². The van der Waals surface area contributed by atoms with Gasteiger partial charge in [0.2, 0.25) is 0 Å². The third-order valence-corrected chi connectivity index (χ3v) is 3.02. The van der Waals surface area contributed by atoms with Crippen LogP contribution in [0.2, 0.25) is 5.02 Å². The molecule has 1 unspecified atom stereocenters. The maximum Gasteiger partial charge on any atom is 0.335 e. The molecular weight excluding hydrogens is 278 g/mol. The lowest BCUT2D eigenvalue weighted by Crippen LogP contribution is -2.41. The number of aliphatic carboxylic acids is 1. The Hall–Kier alpha value is -1.62. The van der Waals surface area contributed by atoms with Gasteiger partial charge >= 0.3 is 5.97 Å². The van der Waals surface area contributed by atoms with E-state index in [1.165, 1.54) is 12.1 Å². The standard InChI is InChI=1S/C13H11ClF2O3/c1-6-3-8(14)4-7-5-9(12(17)18)11(13(2,15)16)19-10(6)7/h3-5,11H,1-2H3,(H,17,18). The number of carbonyl (C=O) groups is 1. The zero-order valence-corrected chi connectivity index (χ0v) is 11.0. The van der Waals surface area contributed by atoms with Crippen LogP contribution in [0, 0.1) is 6.92 Å². The summed E-state index contributed by atoms with van der Waals surface area (Å²) in [7, 11) is 0. The third-order valence-electron chi connectivity index (χ3n) is 2.80. The summed E-state index contributed by atoms with van der Waals surface area (Å²) in [5.74, 6) is -4.50. The first-order valence-electron chi connectivity index (χ1n) is 5.49. The minimum atomic E-state index is -3.30. The highest BCUT2D eigenvalue weighted by atomic mass is 35.5. The van der Waals surface area contributed by atoms with E-state index in [1.54, 1.807) is 13.0 Å². The lowest BCUT2D eigenvalue weighted by molar-refractivity contribution is -0.137. The van der Waals surface area contributed by atoms with Crippen LogP contribution in [0.3, 0.4) is 0 Å². The second-order valence-corrected chi connectivity index (χ2v) is 4.94. The van der Waals surface area contributed by atoms with Crippen LogP contribution in [0.5, 0.6) is 5.75 Å². The Bertz CT molecular complexity index is 576. The summed E-state index contributed by atoms with van der Waals surface area (Å²) in [6.45, 7) is 2.29. The molecule has 3 nitrogen and oxygen atoms in total. The van der Waals surface area contributed by atoms with Gasteiger partial charge in [-0.2, -0.15) is 0 Å². The lowest BCUT2D eigenvalue weighted by Gasteiger charge is -2.30. The quantitative estimate of drug-likeness (QED) is 0.905. The van der Waals surface area contributed by atoms with Crippen molar-refractivity contribution in [3.05, 3.63) is 33.9 Å². The Morgan fingerprint density at radius 1 is 1.47 bits per heavy atom. The normalized spacial score (nSPS) is 18.4. The second kappa shape index (κ2) is 4.49. The van der Waals surface area contributed by atoms with Crippen LogP contribution in [0.25, 0.3) is 6.08 Å². The number of fused-ring (bicyclic) bond motifs is 1. The summed E-state index contributed by atoms with van der Waals surface area (Å²) < 4.78 is 32.1. The van der Waals surface area contributed by atoms with Gasteiger partial charge in [0.25, 0.3) is 5.92 Å². The van der Waals surface area contributed by atoms with E-state index in [1.807, 2.05) is 0 Å². The molecule has 0 saturated heterocycles. The fourth-order valence-electron chi connectivity index (χ4n) is 2.00. The number of rotatable bonds is 2. The predicted octanol–water partition coefficient (Wildman–Crippen LogP) is 3.53. The number of alkyl halides is 2. The highest BCUT2D eigenvalue weighted by molar-refractivity contribution is 6.30. The molecule has 102 valence electrons. The van der Waals surface area contributed by atoms with Crippen LogP contribution in [-0.2, 0) is 4.79 Å². The van der Waals surface area contributed by atoms with E-state index in [4.69, 9.17) is 21.4 Å². The Morgan fingerprint density at radius 2 is 2.11 bits per heavy atom. The molecule has 1 heterocycles. The van der Waals surface area contributed by atoms with Gasteiger partial charge in [-0.1, -0.05) is 11.6 Å². The number of carboxylic acids is 1. The van der Waals surface area contributed by atoms with Crippen molar-refractivity contribution in [2.75, 3.05) is 0 Å². The van der Waals surface area contributed by atoms with Crippen LogP contribution in [0.4, 0.5) is 8.78 Å². The van der Waals surface area contributed by atoms with Gasteiger partial charge in [-0.05, 0) is 30.7 Å². The van der Waals surface area contributed by atoms with E-state index in [9.17, 15) is 13.6 Å². The first kappa shape index (κ1) is 13.8. The zero-order valence-electron chi connectivity index (χ0n) is 10.2. The highest BCUT2D eigenvalue weighted by Crippen LogP contribution is 2.39. The smallest absolute Gasteiger partial charge is 0.335 e. The highest BCUT2D eigenvalue weighted by Gasteiger charge is 2.44. The minimum Gasteiger partial charge on any atom is -0.478 e. The zero-order chi connectivity index (χ0) is 14.4. The molecule has 2 rings (SSSR count). The van der Waals surface area contributed by atoms with Crippen molar-refractivity contribution in [1.29, 1.82) is 0 Å². The molecule has 19 heavy (non-hydrogen) atoms. The van der Waals surface area contributed by atoms with Gasteiger partial charge in [0, 0.05) is 17.5 Å². The summed E-state index contributed by atoms with van der Waals surface area (Å²) in [4.78, 5) is 11.1. The Morgan fingerprint density at radius 3 is 2.63 bits per heavy atom. The molecule has 1 aliphatic heterocycles. The summed E-state index contributed by atoms with van der Waals surface area (Å²) >= 11 is 5.86. The summed E-state index contributed by atoms with van der Waals surface area (Å²) in [5, 5.41) is 9.41. The molecule has 0 radical (unpaired) electrons. The number of aryl methyl sites for hydroxylation is 1. The van der Waals surface area contributed by atoms with Crippen LogP contribution in [0.1, 0.15) is 18.1 Å². The molecule has 0 saturated carbocycles. The Balaban J connectivity index is 2.61. The molecule has 0 amide bonds. The van der Waals surface area contributed by atoms with E-state index in [0.717, 1.165) is 0 Å². The van der Waals surface area contributed by atoms with Gasteiger partial charge in [0.1, 0.15) is 5.75 Å². The van der Waals surface area contributed by atoms with Crippen molar-refractivity contribution in [2.24, 2.45) is 0 Å². The summed E-state index contributed by atoms with van der Waals surface area (Å²) in [6, 6.07) is 3.06. The van der Waals surface area contributed by atoms with E-state index < -0.39 is 23.6 Å². The van der Waals surface area contributed by atoms with Gasteiger partial charge in [-0.15, -0.1) is 0 Å². The number of carboxylic acid groups (broad SMARTS) is 1. The minimum absolute atomic E-state index is 0.237. The van der Waals surface area contributed by atoms with Gasteiger partial charge in [-0.3, -0.25) is 0 Å². The van der Waals surface area contributed by atoms with Crippen molar-refractivity contribution >= 4 is 23.6 Å². The second-order valence-electron chi connectivity index (χ2n) is 4.50. The van der Waals surface area contributed by atoms with Gasteiger partial charge in [-0.25, -0.2) is 13.6 Å². The topological polar surface area (TPSA) is 46.5 Å². The Kier molecular flexibility index (Phi) is 3.26. The van der Waals surface area contributed by atoms with E-state index in [0.29, 0.717) is 23.1 Å². The molecule has 0 fully saturated rings. The predicted molar refractivity (Wildman–Crippen MR) is 66.8 cm³/mol. The van der Waals surface area contributed by atoms with E-state index >= 15 is 0 Å². The molecule has 0 bridgehead atoms. The number of hydrogen-bond acceptors (Lipinski definition) is 2. The maximum atomic E-state index is 13.5. The van der Waals surface area contributed by atoms with Crippen LogP contribution in [-0.4, -0.2) is 23.1 Å². The number of halogens is 3. The molecule has 1 aromatic rings. The average Bonchev–Trinajstić information content (AvgIpc) is 2.25. The van der Waals surface area contributed by atoms with Gasteiger partial charge in [0.05, 0.1) is 5.57 Å². The van der Waals surface area contributed by atoms with Gasteiger partial charge in [0.15, 0.2) is 6.10 Å². The molecule has 1 atom stereocenters. The lowest BCUT2D eigenvalue weighted by atomic mass is 9.96. The fraction of sp³-hybridized carbons (Fsp3) is 0.308. The average molecular weight is 289 g/mol. The molecular formula is C13H11ClF2O3. The monoisotopic (exact) mass is 288 g/mol. The van der Waals surface area contributed by atoms with Crippen molar-refractivity contribution in [2.45, 2.75) is 25.9 Å². The summed E-state index contributed by atoms with van der Waals surface area (Å²) in [5.41, 5.74) is 0.488. The van der Waals surface area contributed by atoms with E-state index in [-0.39, 0.29) is 5.75 Å². The number of ether oxygens (including phenoxy) is 1. The SMILES string of the molecule is Cc1cc(Cl)cc2c1OC(C(C)(F)F)C(C(=O)O)=C2. The van der Waals surface area contributed by atoms with Gasteiger partial charge < -0.3 is 9.84 Å². The molecule has 1 aliphatic rings. The molecule has 6 heteroatoms. The van der Waals surface area contributed by atoms with Crippen molar-refractivity contribution < 1.29 is 23.4 Å². The molecule has 0 spiro atoms. The fourth-order valence-corrected chi connectivity index (χ4v) is 2.28. The maximum absolute atomic E-state index is 13.5.